The van der Waals surface area contributed by atoms with E-state index in [1.54, 1.807) is 7.05 Å². The molecule has 1 aromatic rings. The Bertz CT molecular complexity index is 495. The first-order chi connectivity index (χ1) is 8.58. The highest BCUT2D eigenvalue weighted by molar-refractivity contribution is 5.93. The molecule has 0 aliphatic heterocycles. The van der Waals surface area contributed by atoms with Crippen molar-refractivity contribution in [2.45, 2.75) is 25.4 Å². The Morgan fingerprint density at radius 2 is 2.28 bits per heavy atom. The molecule has 98 valence electrons. The van der Waals surface area contributed by atoms with Gasteiger partial charge in [-0.2, -0.15) is 0 Å². The predicted molar refractivity (Wildman–Crippen MR) is 67.4 cm³/mol. The molecule has 1 saturated carbocycles. The van der Waals surface area contributed by atoms with Gasteiger partial charge in [-0.1, -0.05) is 6.42 Å². The van der Waals surface area contributed by atoms with Crippen molar-refractivity contribution in [1.82, 2.24) is 9.88 Å². The smallest absolute Gasteiger partial charge is 0.252 e. The number of carbonyl (C=O) groups excluding carboxylic acids is 1. The number of nitrogens with one attached hydrogen (secondary N) is 1. The van der Waals surface area contributed by atoms with Crippen LogP contribution >= 0.6 is 0 Å². The minimum absolute atomic E-state index is 0.141. The Labute approximate surface area is 105 Å². The van der Waals surface area contributed by atoms with Gasteiger partial charge in [-0.3, -0.25) is 9.59 Å². The summed E-state index contributed by atoms with van der Waals surface area (Å²) >= 11 is 0. The maximum atomic E-state index is 11.9. The lowest BCUT2D eigenvalue weighted by Gasteiger charge is -2.15. The molecule has 2 atom stereocenters. The number of pyridine rings is 1. The first-order valence-corrected chi connectivity index (χ1v) is 6.21. The molecule has 2 unspecified atom stereocenters. The molecule has 18 heavy (non-hydrogen) atoms. The van der Waals surface area contributed by atoms with Gasteiger partial charge in [0.2, 0.25) is 5.56 Å². The highest BCUT2D eigenvalue weighted by atomic mass is 16.3. The molecular weight excluding hydrogens is 232 g/mol. The molecular formula is C13H18N2O3. The number of aryl methyl sites for hydroxylation is 1. The van der Waals surface area contributed by atoms with Crippen molar-refractivity contribution in [2.75, 3.05) is 6.54 Å². The fourth-order valence-electron chi connectivity index (χ4n) is 2.31. The molecule has 1 aliphatic carbocycles. The third-order valence-electron chi connectivity index (χ3n) is 3.49. The van der Waals surface area contributed by atoms with Crippen molar-refractivity contribution in [2.24, 2.45) is 13.0 Å². The summed E-state index contributed by atoms with van der Waals surface area (Å²) in [6.45, 7) is 0.489. The average molecular weight is 250 g/mol. The van der Waals surface area contributed by atoms with E-state index in [1.807, 2.05) is 0 Å². The van der Waals surface area contributed by atoms with E-state index in [0.717, 1.165) is 19.3 Å². The van der Waals surface area contributed by atoms with Crippen LogP contribution in [0.25, 0.3) is 0 Å². The van der Waals surface area contributed by atoms with Gasteiger partial charge in [0.15, 0.2) is 0 Å². The number of nitrogens with zero attached hydrogens (tertiary/aromatic N) is 1. The molecule has 2 N–H and O–H groups in total. The van der Waals surface area contributed by atoms with E-state index in [0.29, 0.717) is 12.1 Å². The van der Waals surface area contributed by atoms with Crippen LogP contribution in [-0.4, -0.2) is 28.2 Å². The largest absolute Gasteiger partial charge is 0.393 e. The van der Waals surface area contributed by atoms with Crippen LogP contribution in [0, 0.1) is 5.92 Å². The first-order valence-electron chi connectivity index (χ1n) is 6.21. The summed E-state index contributed by atoms with van der Waals surface area (Å²) in [6, 6.07) is 2.89. The van der Waals surface area contributed by atoms with Crippen molar-refractivity contribution >= 4 is 5.91 Å². The fraction of sp³-hybridized carbons (Fsp3) is 0.538. The second-order valence-corrected chi connectivity index (χ2v) is 4.84. The molecule has 1 fully saturated rings. The first kappa shape index (κ1) is 12.8. The molecule has 0 radical (unpaired) electrons. The lowest BCUT2D eigenvalue weighted by molar-refractivity contribution is 0.0916. The Hall–Kier alpha value is -1.62. The number of amides is 1. The zero-order valence-electron chi connectivity index (χ0n) is 10.4. The lowest BCUT2D eigenvalue weighted by Crippen LogP contribution is -2.33. The third-order valence-corrected chi connectivity index (χ3v) is 3.49. The van der Waals surface area contributed by atoms with E-state index in [2.05, 4.69) is 5.32 Å². The van der Waals surface area contributed by atoms with Crippen molar-refractivity contribution in [3.05, 3.63) is 34.2 Å². The SMILES string of the molecule is Cn1cc(C(=O)NCC2CCCC2O)ccc1=O. The van der Waals surface area contributed by atoms with Gasteiger partial charge >= 0.3 is 0 Å². The number of aliphatic hydroxyl groups excluding tert-OH is 1. The van der Waals surface area contributed by atoms with Crippen LogP contribution in [0.4, 0.5) is 0 Å². The number of aliphatic hydroxyl groups is 1. The van der Waals surface area contributed by atoms with Crippen LogP contribution in [0.1, 0.15) is 29.6 Å². The summed E-state index contributed by atoms with van der Waals surface area (Å²) in [5.74, 6) is -0.0498. The highest BCUT2D eigenvalue weighted by Crippen LogP contribution is 2.24. The van der Waals surface area contributed by atoms with Crippen molar-refractivity contribution in [1.29, 1.82) is 0 Å². The molecule has 0 saturated heterocycles. The molecule has 1 amide bonds. The molecule has 0 spiro atoms. The van der Waals surface area contributed by atoms with Crippen LogP contribution in [0.5, 0.6) is 0 Å². The number of rotatable bonds is 3. The van der Waals surface area contributed by atoms with Gasteiger partial charge in [-0.05, 0) is 18.9 Å². The van der Waals surface area contributed by atoms with Gasteiger partial charge in [-0.15, -0.1) is 0 Å². The third kappa shape index (κ3) is 2.79. The quantitative estimate of drug-likeness (QED) is 0.809. The number of hydrogen-bond acceptors (Lipinski definition) is 3. The monoisotopic (exact) mass is 250 g/mol. The van der Waals surface area contributed by atoms with Crippen molar-refractivity contribution in [3.63, 3.8) is 0 Å². The molecule has 2 rings (SSSR count). The number of carbonyl (C=O) groups is 1. The molecule has 1 heterocycles. The second-order valence-electron chi connectivity index (χ2n) is 4.84. The summed E-state index contributed by atoms with van der Waals surface area (Å²) in [4.78, 5) is 23.1. The van der Waals surface area contributed by atoms with E-state index < -0.39 is 0 Å². The maximum absolute atomic E-state index is 11.9. The van der Waals surface area contributed by atoms with Gasteiger partial charge in [0.05, 0.1) is 11.7 Å². The van der Waals surface area contributed by atoms with E-state index in [1.165, 1.54) is 22.9 Å². The van der Waals surface area contributed by atoms with Crippen LogP contribution in [0.2, 0.25) is 0 Å². The summed E-state index contributed by atoms with van der Waals surface area (Å²) in [6.07, 6.45) is 4.00. The zero-order chi connectivity index (χ0) is 13.1. The second kappa shape index (κ2) is 5.35. The van der Waals surface area contributed by atoms with Crippen LogP contribution in [0.3, 0.4) is 0 Å². The van der Waals surface area contributed by atoms with E-state index in [9.17, 15) is 14.7 Å². The van der Waals surface area contributed by atoms with E-state index >= 15 is 0 Å². The van der Waals surface area contributed by atoms with Gasteiger partial charge in [0.1, 0.15) is 0 Å². The number of hydrogen-bond donors (Lipinski definition) is 2. The molecule has 1 aromatic heterocycles. The molecule has 0 bridgehead atoms. The Kier molecular flexibility index (Phi) is 3.81. The minimum Gasteiger partial charge on any atom is -0.393 e. The zero-order valence-corrected chi connectivity index (χ0v) is 10.4. The average Bonchev–Trinajstić information content (AvgIpc) is 2.75. The summed E-state index contributed by atoms with van der Waals surface area (Å²) in [5, 5.41) is 12.5. The van der Waals surface area contributed by atoms with E-state index in [4.69, 9.17) is 0 Å². The summed E-state index contributed by atoms with van der Waals surface area (Å²) in [5.41, 5.74) is 0.322. The predicted octanol–water partition coefficient (Wildman–Crippen LogP) is 0.276. The minimum atomic E-state index is -0.301. The number of aromatic nitrogens is 1. The fourth-order valence-corrected chi connectivity index (χ4v) is 2.31. The van der Waals surface area contributed by atoms with Crippen LogP contribution < -0.4 is 10.9 Å². The lowest BCUT2D eigenvalue weighted by atomic mass is 10.1. The molecule has 5 heteroatoms. The van der Waals surface area contributed by atoms with Crippen molar-refractivity contribution in [3.8, 4) is 0 Å². The van der Waals surface area contributed by atoms with Gasteiger partial charge in [-0.25, -0.2) is 0 Å². The Morgan fingerprint density at radius 3 is 2.89 bits per heavy atom. The standard InChI is InChI=1S/C13H18N2O3/c1-15-8-10(5-6-12(15)17)13(18)14-7-9-3-2-4-11(9)16/h5-6,8-9,11,16H,2-4,7H2,1H3,(H,14,18). The van der Waals surface area contributed by atoms with E-state index in [-0.39, 0.29) is 23.5 Å². The maximum Gasteiger partial charge on any atom is 0.252 e. The van der Waals surface area contributed by atoms with Crippen LogP contribution in [0.15, 0.2) is 23.1 Å². The topological polar surface area (TPSA) is 71.3 Å². The van der Waals surface area contributed by atoms with Crippen molar-refractivity contribution < 1.29 is 9.90 Å². The molecule has 5 nitrogen and oxygen atoms in total. The van der Waals surface area contributed by atoms with Crippen LogP contribution in [-0.2, 0) is 7.05 Å². The van der Waals surface area contributed by atoms with Gasteiger partial charge < -0.3 is 15.0 Å². The molecule has 0 aromatic carbocycles. The summed E-state index contributed by atoms with van der Waals surface area (Å²) < 4.78 is 1.37. The molecule has 1 aliphatic rings. The normalized spacial score (nSPS) is 23.0. The Morgan fingerprint density at radius 1 is 1.50 bits per heavy atom. The van der Waals surface area contributed by atoms with Gasteiger partial charge in [0, 0.05) is 31.8 Å². The van der Waals surface area contributed by atoms with Gasteiger partial charge in [0.25, 0.3) is 5.91 Å². The highest BCUT2D eigenvalue weighted by Gasteiger charge is 2.25. The summed E-state index contributed by atoms with van der Waals surface area (Å²) in [7, 11) is 1.61. The Balaban J connectivity index is 1.95.